The molecule has 0 atom stereocenters. The molecule has 68 heavy (non-hydrogen) atoms. The predicted octanol–water partition coefficient (Wildman–Crippen LogP) is 17.5. The highest BCUT2D eigenvalue weighted by Crippen LogP contribution is 2.42. The molecule has 12 aromatic rings. The Balaban J connectivity index is 1.02. The molecule has 0 aliphatic rings. The Kier molecular flexibility index (Phi) is 10.5. The van der Waals surface area contributed by atoms with Gasteiger partial charge in [0.15, 0.2) is 0 Å². The molecule has 4 heteroatoms. The summed E-state index contributed by atoms with van der Waals surface area (Å²) in [7, 11) is 0. The lowest BCUT2D eigenvalue weighted by Gasteiger charge is -2.25. The molecule has 10 aromatic carbocycles. The number of anilines is 6. The zero-order valence-corrected chi connectivity index (χ0v) is 37.2. The molecule has 2 aromatic heterocycles. The fourth-order valence-electron chi connectivity index (χ4n) is 9.56. The number of pyridine rings is 2. The second kappa shape index (κ2) is 17.7. The number of hydrogen-bond donors (Lipinski definition) is 0. The fraction of sp³-hybridized carbons (Fsp3) is 0. The van der Waals surface area contributed by atoms with Crippen LogP contribution in [0.15, 0.2) is 267 Å². The molecule has 0 saturated heterocycles. The average Bonchev–Trinajstić information content (AvgIpc) is 3.42. The van der Waals surface area contributed by atoms with Gasteiger partial charge in [-0.15, -0.1) is 0 Å². The largest absolute Gasteiger partial charge is 0.311 e. The molecule has 0 aliphatic carbocycles. The Morgan fingerprint density at radius 3 is 0.794 bits per heavy atom. The van der Waals surface area contributed by atoms with Crippen molar-refractivity contribution >= 4 is 66.7 Å². The molecule has 0 aliphatic heterocycles. The monoisotopic (exact) mass is 868 g/mol. The summed E-state index contributed by atoms with van der Waals surface area (Å²) >= 11 is 0. The maximum Gasteiger partial charge on any atom is 0.0794 e. The summed E-state index contributed by atoms with van der Waals surface area (Å²) in [6.45, 7) is 0. The van der Waals surface area contributed by atoms with Gasteiger partial charge in [-0.3, -0.25) is 0 Å². The number of hydrogen-bond acceptors (Lipinski definition) is 4. The van der Waals surface area contributed by atoms with E-state index < -0.39 is 0 Å². The van der Waals surface area contributed by atoms with Gasteiger partial charge in [0.1, 0.15) is 0 Å². The van der Waals surface area contributed by atoms with Crippen molar-refractivity contribution in [2.75, 3.05) is 9.80 Å². The summed E-state index contributed by atoms with van der Waals surface area (Å²) in [6.07, 6.45) is 0. The first-order valence-corrected chi connectivity index (χ1v) is 23.1. The Morgan fingerprint density at radius 2 is 0.485 bits per heavy atom. The number of fused-ring (bicyclic) bond motifs is 5. The Bertz CT molecular complexity index is 3350. The van der Waals surface area contributed by atoms with E-state index in [0.717, 1.165) is 111 Å². The number of para-hydroxylation sites is 4. The Hall–Kier alpha value is -9.12. The lowest BCUT2D eigenvalue weighted by Crippen LogP contribution is -2.09. The van der Waals surface area contributed by atoms with Crippen LogP contribution in [0, 0.1) is 0 Å². The molecule has 0 saturated carbocycles. The molecule has 2 heterocycles. The van der Waals surface area contributed by atoms with Crippen molar-refractivity contribution in [2.24, 2.45) is 0 Å². The minimum atomic E-state index is 0.910. The Morgan fingerprint density at radius 1 is 0.221 bits per heavy atom. The standard InChI is InChI=1S/C64H44N4/c1-7-19-45(20-8-1)59-43-61(47-31-35-53(36-32-47)67(49-23-11-3-12-24-49)50-25-13-4-14-26-50)65-63-55-40-42-58-60(46-21-9-2-10-22-46)44-62(66-64(58)56(55)39-41-57(59)63)48-33-37-54(38-34-48)68(51-27-15-5-16-28-51)52-29-17-6-18-30-52/h1-44H. The number of nitrogens with zero attached hydrogens (tertiary/aromatic N) is 4. The summed E-state index contributed by atoms with van der Waals surface area (Å²) in [5.41, 5.74) is 16.9. The molecule has 320 valence electrons. The van der Waals surface area contributed by atoms with E-state index in [1.165, 1.54) is 0 Å². The first-order chi connectivity index (χ1) is 33.7. The number of rotatable bonds is 10. The van der Waals surface area contributed by atoms with Crippen LogP contribution >= 0.6 is 0 Å². The van der Waals surface area contributed by atoms with Crippen LogP contribution in [0.4, 0.5) is 34.1 Å². The summed E-state index contributed by atoms with van der Waals surface area (Å²) < 4.78 is 0. The lowest BCUT2D eigenvalue weighted by molar-refractivity contribution is 1.28. The molecule has 4 nitrogen and oxygen atoms in total. The number of benzene rings is 10. The van der Waals surface area contributed by atoms with Gasteiger partial charge in [-0.1, -0.05) is 182 Å². The van der Waals surface area contributed by atoms with E-state index in [9.17, 15) is 0 Å². The molecule has 0 radical (unpaired) electrons. The van der Waals surface area contributed by atoms with Gasteiger partial charge in [0.2, 0.25) is 0 Å². The highest BCUT2D eigenvalue weighted by molar-refractivity contribution is 6.19. The summed E-state index contributed by atoms with van der Waals surface area (Å²) in [4.78, 5) is 15.7. The van der Waals surface area contributed by atoms with E-state index in [-0.39, 0.29) is 0 Å². The summed E-state index contributed by atoms with van der Waals surface area (Å²) in [5, 5.41) is 4.31. The van der Waals surface area contributed by atoms with Gasteiger partial charge in [-0.25, -0.2) is 9.97 Å². The first kappa shape index (κ1) is 40.4. The maximum atomic E-state index is 5.55. The SMILES string of the molecule is c1ccc(-c2cc(-c3ccc(N(c4ccccc4)c4ccccc4)cc3)nc3c2ccc2c3ccc3c(-c4ccccc4)cc(-c4ccc(N(c5ccccc5)c5ccccc5)cc4)nc32)cc1. The zero-order chi connectivity index (χ0) is 45.2. The van der Waals surface area contributed by atoms with E-state index in [1.807, 2.05) is 0 Å². The van der Waals surface area contributed by atoms with Crippen molar-refractivity contribution in [2.45, 2.75) is 0 Å². The third-order valence-corrected chi connectivity index (χ3v) is 12.8. The maximum absolute atomic E-state index is 5.55. The third kappa shape index (κ3) is 7.60. The minimum Gasteiger partial charge on any atom is -0.311 e. The van der Waals surface area contributed by atoms with Crippen LogP contribution in [0.1, 0.15) is 0 Å². The minimum absolute atomic E-state index is 0.910. The van der Waals surface area contributed by atoms with Crippen molar-refractivity contribution in [3.63, 3.8) is 0 Å². The van der Waals surface area contributed by atoms with E-state index in [0.29, 0.717) is 0 Å². The Labute approximate surface area is 396 Å². The van der Waals surface area contributed by atoms with Crippen LogP contribution in [0.2, 0.25) is 0 Å². The van der Waals surface area contributed by atoms with E-state index in [4.69, 9.17) is 9.97 Å². The van der Waals surface area contributed by atoms with Gasteiger partial charge in [0, 0.05) is 66.8 Å². The van der Waals surface area contributed by atoms with Crippen LogP contribution in [-0.4, -0.2) is 9.97 Å². The normalized spacial score (nSPS) is 11.2. The van der Waals surface area contributed by atoms with Crippen molar-refractivity contribution < 1.29 is 0 Å². The van der Waals surface area contributed by atoms with Crippen molar-refractivity contribution in [1.29, 1.82) is 0 Å². The predicted molar refractivity (Wildman–Crippen MR) is 286 cm³/mol. The molecular weight excluding hydrogens is 825 g/mol. The number of aromatic nitrogens is 2. The van der Waals surface area contributed by atoms with Crippen molar-refractivity contribution in [3.05, 3.63) is 267 Å². The van der Waals surface area contributed by atoms with Gasteiger partial charge in [-0.2, -0.15) is 0 Å². The second-order valence-electron chi connectivity index (χ2n) is 17.0. The highest BCUT2D eigenvalue weighted by atomic mass is 15.1. The average molecular weight is 869 g/mol. The van der Waals surface area contributed by atoms with Gasteiger partial charge in [0.25, 0.3) is 0 Å². The van der Waals surface area contributed by atoms with E-state index in [1.54, 1.807) is 0 Å². The van der Waals surface area contributed by atoms with Gasteiger partial charge in [-0.05, 0) is 107 Å². The van der Waals surface area contributed by atoms with Crippen molar-refractivity contribution in [1.82, 2.24) is 9.97 Å². The van der Waals surface area contributed by atoms with E-state index >= 15 is 0 Å². The van der Waals surface area contributed by atoms with Gasteiger partial charge >= 0.3 is 0 Å². The van der Waals surface area contributed by atoms with Gasteiger partial charge < -0.3 is 9.80 Å². The molecule has 0 N–H and O–H groups in total. The fourth-order valence-corrected chi connectivity index (χ4v) is 9.56. The first-order valence-electron chi connectivity index (χ1n) is 23.1. The van der Waals surface area contributed by atoms with Crippen LogP contribution in [-0.2, 0) is 0 Å². The zero-order valence-electron chi connectivity index (χ0n) is 37.2. The summed E-state index contributed by atoms with van der Waals surface area (Å²) in [6, 6.07) is 94.5. The van der Waals surface area contributed by atoms with Crippen LogP contribution in [0.3, 0.4) is 0 Å². The second-order valence-corrected chi connectivity index (χ2v) is 17.0. The summed E-state index contributed by atoms with van der Waals surface area (Å²) in [5.74, 6) is 0. The van der Waals surface area contributed by atoms with Crippen LogP contribution in [0.5, 0.6) is 0 Å². The van der Waals surface area contributed by atoms with Crippen LogP contribution in [0.25, 0.3) is 77.3 Å². The molecule has 0 spiro atoms. The lowest BCUT2D eigenvalue weighted by atomic mass is 9.93. The molecule has 0 fully saturated rings. The molecule has 12 rings (SSSR count). The molecular formula is C64H44N4. The van der Waals surface area contributed by atoms with Crippen LogP contribution < -0.4 is 9.80 Å². The smallest absolute Gasteiger partial charge is 0.0794 e. The van der Waals surface area contributed by atoms with Gasteiger partial charge in [0.05, 0.1) is 22.4 Å². The van der Waals surface area contributed by atoms with Crippen molar-refractivity contribution in [3.8, 4) is 44.8 Å². The topological polar surface area (TPSA) is 32.3 Å². The highest BCUT2D eigenvalue weighted by Gasteiger charge is 2.19. The van der Waals surface area contributed by atoms with E-state index in [2.05, 4.69) is 277 Å². The third-order valence-electron chi connectivity index (χ3n) is 12.8. The molecule has 0 bridgehead atoms. The molecule has 0 unspecified atom stereocenters. The quantitative estimate of drug-likeness (QED) is 0.128. The molecule has 0 amide bonds.